The summed E-state index contributed by atoms with van der Waals surface area (Å²) in [5, 5.41) is 6.73. The van der Waals surface area contributed by atoms with Crippen LogP contribution < -0.4 is 10.6 Å². The Morgan fingerprint density at radius 1 is 1.44 bits per heavy atom. The van der Waals surface area contributed by atoms with Crippen molar-refractivity contribution in [2.75, 3.05) is 18.4 Å². The Labute approximate surface area is 107 Å². The first kappa shape index (κ1) is 13.3. The number of halogens is 2. The Balaban J connectivity index is 2.01. The van der Waals surface area contributed by atoms with Gasteiger partial charge in [0.15, 0.2) is 0 Å². The number of alkyl halides is 2. The normalized spacial score (nSPS) is 20.1. The highest BCUT2D eigenvalue weighted by molar-refractivity contribution is 5.52. The van der Waals surface area contributed by atoms with Crippen LogP contribution in [-0.4, -0.2) is 19.1 Å². The van der Waals surface area contributed by atoms with Gasteiger partial charge >= 0.3 is 0 Å². The maximum absolute atomic E-state index is 13.2. The van der Waals surface area contributed by atoms with Crippen LogP contribution >= 0.6 is 0 Å². The maximum atomic E-state index is 13.2. The van der Waals surface area contributed by atoms with E-state index in [1.165, 1.54) is 18.9 Å². The van der Waals surface area contributed by atoms with Crippen LogP contribution in [-0.2, 0) is 5.92 Å². The molecule has 1 saturated heterocycles. The van der Waals surface area contributed by atoms with E-state index in [4.69, 9.17) is 0 Å². The van der Waals surface area contributed by atoms with Gasteiger partial charge in [0, 0.05) is 30.8 Å². The molecule has 0 amide bonds. The molecule has 2 rings (SSSR count). The zero-order chi connectivity index (χ0) is 13.2. The van der Waals surface area contributed by atoms with Crippen LogP contribution in [0.4, 0.5) is 14.5 Å². The van der Waals surface area contributed by atoms with Crippen LogP contribution in [0.15, 0.2) is 18.2 Å². The monoisotopic (exact) mass is 254 g/mol. The van der Waals surface area contributed by atoms with Crippen molar-refractivity contribution in [3.63, 3.8) is 0 Å². The molecule has 0 bridgehead atoms. The lowest BCUT2D eigenvalue weighted by Crippen LogP contribution is -2.29. The van der Waals surface area contributed by atoms with Crippen LogP contribution in [0.25, 0.3) is 0 Å². The number of anilines is 1. The van der Waals surface area contributed by atoms with Gasteiger partial charge in [-0.3, -0.25) is 0 Å². The van der Waals surface area contributed by atoms with Crippen molar-refractivity contribution in [3.05, 3.63) is 29.3 Å². The van der Waals surface area contributed by atoms with Crippen molar-refractivity contribution in [1.29, 1.82) is 0 Å². The molecule has 1 unspecified atom stereocenters. The van der Waals surface area contributed by atoms with Crippen LogP contribution in [0.2, 0.25) is 0 Å². The minimum absolute atomic E-state index is 0.0736. The second-order valence-electron chi connectivity index (χ2n) is 5.09. The highest BCUT2D eigenvalue weighted by atomic mass is 19.3. The molecular formula is C14H20F2N2. The molecule has 1 atom stereocenters. The molecule has 18 heavy (non-hydrogen) atoms. The molecule has 1 aliphatic heterocycles. The van der Waals surface area contributed by atoms with E-state index in [2.05, 4.69) is 10.6 Å². The first-order valence-corrected chi connectivity index (χ1v) is 6.43. The Bertz CT molecular complexity index is 407. The summed E-state index contributed by atoms with van der Waals surface area (Å²) in [5.74, 6) is -2.77. The highest BCUT2D eigenvalue weighted by Gasteiger charge is 2.24. The number of hydrogen-bond acceptors (Lipinski definition) is 2. The van der Waals surface area contributed by atoms with E-state index in [9.17, 15) is 8.78 Å². The highest BCUT2D eigenvalue weighted by Crippen LogP contribution is 2.29. The first-order valence-electron chi connectivity index (χ1n) is 6.43. The van der Waals surface area contributed by atoms with Gasteiger partial charge in [-0.2, -0.15) is 0 Å². The zero-order valence-corrected chi connectivity index (χ0v) is 10.9. The SMILES string of the molecule is Cc1cc(C(C)(F)F)ccc1NCC1CCCN1. The van der Waals surface area contributed by atoms with Gasteiger partial charge < -0.3 is 10.6 Å². The van der Waals surface area contributed by atoms with Crippen LogP contribution in [0.3, 0.4) is 0 Å². The second-order valence-corrected chi connectivity index (χ2v) is 5.09. The van der Waals surface area contributed by atoms with Gasteiger partial charge in [-0.15, -0.1) is 0 Å². The number of hydrogen-bond donors (Lipinski definition) is 2. The average Bonchev–Trinajstić information content (AvgIpc) is 2.79. The number of rotatable bonds is 4. The zero-order valence-electron chi connectivity index (χ0n) is 10.9. The Kier molecular flexibility index (Phi) is 3.85. The third-order valence-electron chi connectivity index (χ3n) is 3.43. The van der Waals surface area contributed by atoms with Crippen molar-refractivity contribution in [1.82, 2.24) is 5.32 Å². The minimum Gasteiger partial charge on any atom is -0.383 e. The molecule has 0 saturated carbocycles. The largest absolute Gasteiger partial charge is 0.383 e. The Hall–Kier alpha value is -1.16. The van der Waals surface area contributed by atoms with Gasteiger partial charge in [-0.1, -0.05) is 6.07 Å². The molecule has 1 aliphatic rings. The number of benzene rings is 1. The fourth-order valence-electron chi connectivity index (χ4n) is 2.30. The van der Waals surface area contributed by atoms with Gasteiger partial charge in [0.25, 0.3) is 5.92 Å². The van der Waals surface area contributed by atoms with Crippen molar-refractivity contribution in [2.24, 2.45) is 0 Å². The lowest BCUT2D eigenvalue weighted by molar-refractivity contribution is 0.0174. The van der Waals surface area contributed by atoms with E-state index in [-0.39, 0.29) is 5.56 Å². The summed E-state index contributed by atoms with van der Waals surface area (Å²) >= 11 is 0. The molecule has 0 spiro atoms. The topological polar surface area (TPSA) is 24.1 Å². The second kappa shape index (κ2) is 5.22. The molecule has 2 N–H and O–H groups in total. The van der Waals surface area contributed by atoms with Crippen LogP contribution in [0.1, 0.15) is 30.9 Å². The number of nitrogens with one attached hydrogen (secondary N) is 2. The molecule has 0 aliphatic carbocycles. The third kappa shape index (κ3) is 3.19. The van der Waals surface area contributed by atoms with Gasteiger partial charge in [0.1, 0.15) is 0 Å². The summed E-state index contributed by atoms with van der Waals surface area (Å²) in [5.41, 5.74) is 1.88. The predicted octanol–water partition coefficient (Wildman–Crippen LogP) is 3.27. The fraction of sp³-hybridized carbons (Fsp3) is 0.571. The van der Waals surface area contributed by atoms with E-state index in [1.807, 2.05) is 6.92 Å². The maximum Gasteiger partial charge on any atom is 0.270 e. The molecule has 100 valence electrons. The summed E-state index contributed by atoms with van der Waals surface area (Å²) in [6.07, 6.45) is 2.39. The standard InChI is InChI=1S/C14H20F2N2/c1-10-8-11(14(2,15)16)5-6-13(10)18-9-12-4-3-7-17-12/h5-6,8,12,17-18H,3-4,7,9H2,1-2H3. The predicted molar refractivity (Wildman–Crippen MR) is 70.3 cm³/mol. The summed E-state index contributed by atoms with van der Waals surface area (Å²) in [6.45, 7) is 4.71. The molecule has 1 fully saturated rings. The van der Waals surface area contributed by atoms with Crippen LogP contribution in [0, 0.1) is 6.92 Å². The molecule has 1 aromatic rings. The van der Waals surface area contributed by atoms with Crippen molar-refractivity contribution < 1.29 is 8.78 Å². The van der Waals surface area contributed by atoms with E-state index >= 15 is 0 Å². The molecule has 2 nitrogen and oxygen atoms in total. The average molecular weight is 254 g/mol. The van der Waals surface area contributed by atoms with Crippen LogP contribution in [0.5, 0.6) is 0 Å². The van der Waals surface area contributed by atoms with E-state index < -0.39 is 5.92 Å². The molecule has 0 aromatic heterocycles. The minimum atomic E-state index is -2.77. The van der Waals surface area contributed by atoms with Gasteiger partial charge in [0.05, 0.1) is 0 Å². The summed E-state index contributed by atoms with van der Waals surface area (Å²) in [6, 6.07) is 5.30. The Morgan fingerprint density at radius 2 is 2.22 bits per heavy atom. The lowest BCUT2D eigenvalue weighted by atomic mass is 10.1. The van der Waals surface area contributed by atoms with Gasteiger partial charge in [-0.05, 0) is 44.0 Å². The molecule has 1 heterocycles. The lowest BCUT2D eigenvalue weighted by Gasteiger charge is -2.17. The first-order chi connectivity index (χ1) is 8.47. The summed E-state index contributed by atoms with van der Waals surface area (Å²) < 4.78 is 26.3. The fourth-order valence-corrected chi connectivity index (χ4v) is 2.30. The van der Waals surface area contributed by atoms with Crippen molar-refractivity contribution in [2.45, 2.75) is 38.7 Å². The van der Waals surface area contributed by atoms with Crippen molar-refractivity contribution >= 4 is 5.69 Å². The van der Waals surface area contributed by atoms with Crippen molar-refractivity contribution in [3.8, 4) is 0 Å². The molecular weight excluding hydrogens is 234 g/mol. The quantitative estimate of drug-likeness (QED) is 0.861. The number of aryl methyl sites for hydroxylation is 1. The van der Waals surface area contributed by atoms with Gasteiger partial charge in [-0.25, -0.2) is 8.78 Å². The van der Waals surface area contributed by atoms with E-state index in [1.54, 1.807) is 12.1 Å². The van der Waals surface area contributed by atoms with Gasteiger partial charge in [0.2, 0.25) is 0 Å². The molecule has 1 aromatic carbocycles. The third-order valence-corrected chi connectivity index (χ3v) is 3.43. The smallest absolute Gasteiger partial charge is 0.270 e. The summed E-state index contributed by atoms with van der Waals surface area (Å²) in [4.78, 5) is 0. The summed E-state index contributed by atoms with van der Waals surface area (Å²) in [7, 11) is 0. The van der Waals surface area contributed by atoms with E-state index in [0.29, 0.717) is 6.04 Å². The molecule has 4 heteroatoms. The van der Waals surface area contributed by atoms with E-state index in [0.717, 1.165) is 31.3 Å². The molecule has 0 radical (unpaired) electrons. The Morgan fingerprint density at radius 3 is 2.78 bits per heavy atom.